The van der Waals surface area contributed by atoms with Gasteiger partial charge in [0.1, 0.15) is 5.82 Å². The second-order valence-electron chi connectivity index (χ2n) is 5.86. The number of benzene rings is 1. The van der Waals surface area contributed by atoms with Crippen molar-refractivity contribution in [2.75, 3.05) is 13.1 Å². The minimum atomic E-state index is -3.07. The van der Waals surface area contributed by atoms with Crippen molar-refractivity contribution in [3.63, 3.8) is 0 Å². The van der Waals surface area contributed by atoms with Crippen LogP contribution in [0.2, 0.25) is 0 Å². The molecule has 1 saturated heterocycles. The van der Waals surface area contributed by atoms with Crippen molar-refractivity contribution in [3.05, 3.63) is 35.1 Å². The maximum absolute atomic E-state index is 14.2. The molecule has 0 amide bonds. The SMILES string of the molecule is C[C@@H](c1ccc(C(C)(F)F)cc1F)C1(C#N)CCNCC1. The molecule has 2 nitrogen and oxygen atoms in total. The second kappa shape index (κ2) is 5.69. The maximum Gasteiger partial charge on any atom is 0.270 e. The third kappa shape index (κ3) is 3.06. The monoisotopic (exact) mass is 296 g/mol. The largest absolute Gasteiger partial charge is 0.317 e. The van der Waals surface area contributed by atoms with Crippen molar-refractivity contribution in [1.82, 2.24) is 5.32 Å². The van der Waals surface area contributed by atoms with Crippen molar-refractivity contribution in [2.45, 2.75) is 38.5 Å². The molecule has 1 heterocycles. The second-order valence-corrected chi connectivity index (χ2v) is 5.86. The van der Waals surface area contributed by atoms with Crippen molar-refractivity contribution in [1.29, 1.82) is 5.26 Å². The summed E-state index contributed by atoms with van der Waals surface area (Å²) in [5.41, 5.74) is -0.638. The topological polar surface area (TPSA) is 35.8 Å². The first-order valence-corrected chi connectivity index (χ1v) is 7.10. The van der Waals surface area contributed by atoms with E-state index in [2.05, 4.69) is 11.4 Å². The van der Waals surface area contributed by atoms with Crippen molar-refractivity contribution in [3.8, 4) is 6.07 Å². The lowest BCUT2D eigenvalue weighted by Crippen LogP contribution is -2.39. The van der Waals surface area contributed by atoms with Crippen LogP contribution < -0.4 is 5.32 Å². The number of hydrogen-bond acceptors (Lipinski definition) is 2. The molecule has 1 N–H and O–H groups in total. The molecule has 1 atom stereocenters. The average Bonchev–Trinajstić information content (AvgIpc) is 2.46. The molecule has 1 aromatic rings. The van der Waals surface area contributed by atoms with Crippen LogP contribution in [0.15, 0.2) is 18.2 Å². The summed E-state index contributed by atoms with van der Waals surface area (Å²) in [6, 6.07) is 5.87. The van der Waals surface area contributed by atoms with Gasteiger partial charge in [0.25, 0.3) is 5.92 Å². The molecule has 0 spiro atoms. The van der Waals surface area contributed by atoms with Crippen molar-refractivity contribution < 1.29 is 13.2 Å². The third-order valence-electron chi connectivity index (χ3n) is 4.52. The van der Waals surface area contributed by atoms with Crippen molar-refractivity contribution >= 4 is 0 Å². The zero-order chi connectivity index (χ0) is 15.7. The van der Waals surface area contributed by atoms with Gasteiger partial charge in [-0.2, -0.15) is 5.26 Å². The van der Waals surface area contributed by atoms with Crippen LogP contribution in [-0.4, -0.2) is 13.1 Å². The summed E-state index contributed by atoms with van der Waals surface area (Å²) in [5.74, 6) is -4.05. The molecule has 0 aliphatic carbocycles. The van der Waals surface area contributed by atoms with Crippen LogP contribution in [0.1, 0.15) is 43.7 Å². The van der Waals surface area contributed by atoms with E-state index in [1.165, 1.54) is 12.1 Å². The van der Waals surface area contributed by atoms with E-state index in [-0.39, 0.29) is 11.5 Å². The van der Waals surface area contributed by atoms with Gasteiger partial charge < -0.3 is 5.32 Å². The predicted molar refractivity (Wildman–Crippen MR) is 74.5 cm³/mol. The minimum Gasteiger partial charge on any atom is -0.317 e. The summed E-state index contributed by atoms with van der Waals surface area (Å²) in [4.78, 5) is 0. The molecule has 21 heavy (non-hydrogen) atoms. The number of hydrogen-bond donors (Lipinski definition) is 1. The molecular weight excluding hydrogens is 277 g/mol. The molecule has 1 aromatic carbocycles. The lowest BCUT2D eigenvalue weighted by Gasteiger charge is -2.37. The maximum atomic E-state index is 14.2. The molecule has 1 fully saturated rings. The van der Waals surface area contributed by atoms with Gasteiger partial charge in [0.05, 0.1) is 11.5 Å². The fourth-order valence-electron chi connectivity index (χ4n) is 2.96. The molecule has 114 valence electrons. The Bertz CT molecular complexity index is 552. The van der Waals surface area contributed by atoms with E-state index in [1.807, 2.05) is 0 Å². The van der Waals surface area contributed by atoms with Crippen LogP contribution in [0.5, 0.6) is 0 Å². The Morgan fingerprint density at radius 3 is 2.43 bits per heavy atom. The van der Waals surface area contributed by atoms with E-state index in [9.17, 15) is 18.4 Å². The number of piperidine rings is 1. The smallest absolute Gasteiger partial charge is 0.270 e. The van der Waals surface area contributed by atoms with E-state index in [1.54, 1.807) is 6.92 Å². The van der Waals surface area contributed by atoms with E-state index < -0.39 is 17.2 Å². The van der Waals surface area contributed by atoms with E-state index in [0.29, 0.717) is 31.5 Å². The molecule has 5 heteroatoms. The first-order chi connectivity index (χ1) is 9.80. The van der Waals surface area contributed by atoms with Gasteiger partial charge in [0.2, 0.25) is 0 Å². The van der Waals surface area contributed by atoms with Crippen LogP contribution in [0, 0.1) is 22.6 Å². The van der Waals surface area contributed by atoms with E-state index in [4.69, 9.17) is 0 Å². The van der Waals surface area contributed by atoms with Gasteiger partial charge in [0, 0.05) is 18.4 Å². The number of rotatable bonds is 3. The molecule has 0 bridgehead atoms. The number of nitrogens with one attached hydrogen (secondary N) is 1. The van der Waals surface area contributed by atoms with Gasteiger partial charge in [-0.3, -0.25) is 0 Å². The Labute approximate surface area is 123 Å². The zero-order valence-electron chi connectivity index (χ0n) is 12.2. The number of nitriles is 1. The summed E-state index contributed by atoms with van der Waals surface area (Å²) in [7, 11) is 0. The van der Waals surface area contributed by atoms with Gasteiger partial charge in [-0.05, 0) is 37.6 Å². The normalized spacial score (nSPS) is 19.8. The van der Waals surface area contributed by atoms with Gasteiger partial charge in [-0.15, -0.1) is 0 Å². The average molecular weight is 296 g/mol. The highest BCUT2D eigenvalue weighted by Gasteiger charge is 2.39. The van der Waals surface area contributed by atoms with Gasteiger partial charge in [-0.25, -0.2) is 13.2 Å². The summed E-state index contributed by atoms with van der Waals surface area (Å²) >= 11 is 0. The zero-order valence-corrected chi connectivity index (χ0v) is 12.2. The van der Waals surface area contributed by atoms with Crippen LogP contribution in [-0.2, 0) is 5.92 Å². The molecular formula is C16H19F3N2. The highest BCUT2D eigenvalue weighted by Crippen LogP contribution is 2.43. The van der Waals surface area contributed by atoms with E-state index in [0.717, 1.165) is 13.0 Å². The van der Waals surface area contributed by atoms with Gasteiger partial charge >= 0.3 is 0 Å². The fourth-order valence-corrected chi connectivity index (χ4v) is 2.96. The fraction of sp³-hybridized carbons (Fsp3) is 0.562. The third-order valence-corrected chi connectivity index (χ3v) is 4.52. The highest BCUT2D eigenvalue weighted by molar-refractivity contribution is 5.32. The molecule has 0 saturated carbocycles. The van der Waals surface area contributed by atoms with Crippen LogP contribution in [0.3, 0.4) is 0 Å². The minimum absolute atomic E-state index is 0.330. The lowest BCUT2D eigenvalue weighted by atomic mass is 9.68. The Morgan fingerprint density at radius 2 is 1.95 bits per heavy atom. The van der Waals surface area contributed by atoms with Gasteiger partial charge in [0.15, 0.2) is 0 Å². The highest BCUT2D eigenvalue weighted by atomic mass is 19.3. The molecule has 1 aliphatic heterocycles. The molecule has 0 aromatic heterocycles. The first kappa shape index (κ1) is 15.8. The van der Waals surface area contributed by atoms with Gasteiger partial charge in [-0.1, -0.05) is 19.1 Å². The summed E-state index contributed by atoms with van der Waals surface area (Å²) in [6.45, 7) is 3.97. The molecule has 1 aliphatic rings. The number of nitrogens with zero attached hydrogens (tertiary/aromatic N) is 1. The van der Waals surface area contributed by atoms with Crippen LogP contribution in [0.4, 0.5) is 13.2 Å². The number of halogens is 3. The first-order valence-electron chi connectivity index (χ1n) is 7.10. The quantitative estimate of drug-likeness (QED) is 0.917. The summed E-state index contributed by atoms with van der Waals surface area (Å²) < 4.78 is 40.7. The Morgan fingerprint density at radius 1 is 1.33 bits per heavy atom. The Kier molecular flexibility index (Phi) is 4.29. The lowest BCUT2D eigenvalue weighted by molar-refractivity contribution is 0.0171. The number of alkyl halides is 2. The molecule has 2 rings (SSSR count). The molecule has 0 unspecified atom stereocenters. The standard InChI is InChI=1S/C16H19F3N2/c1-11(16(10-20)5-7-21-8-6-16)13-4-3-12(9-14(13)17)15(2,18)19/h3-4,9,11,21H,5-8H2,1-2H3/t11-/m0/s1. The predicted octanol–water partition coefficient (Wildman–Crippen LogP) is 3.93. The Hall–Kier alpha value is -1.54. The van der Waals surface area contributed by atoms with E-state index >= 15 is 0 Å². The molecule has 0 radical (unpaired) electrons. The van der Waals surface area contributed by atoms with Crippen molar-refractivity contribution in [2.24, 2.45) is 5.41 Å². The van der Waals surface area contributed by atoms with Crippen LogP contribution in [0.25, 0.3) is 0 Å². The van der Waals surface area contributed by atoms with Crippen LogP contribution >= 0.6 is 0 Å². The summed E-state index contributed by atoms with van der Waals surface area (Å²) in [5, 5.41) is 12.7. The summed E-state index contributed by atoms with van der Waals surface area (Å²) in [6.07, 6.45) is 1.27. The Balaban J connectivity index is 2.35.